The minimum atomic E-state index is -0.00118. The molecule has 0 unspecified atom stereocenters. The highest BCUT2D eigenvalue weighted by molar-refractivity contribution is 6.12. The Morgan fingerprint density at radius 1 is 0.426 bits per heavy atom. The molecule has 0 N–H and O–H groups in total. The maximum atomic E-state index is 6.18. The van der Waals surface area contributed by atoms with Crippen LogP contribution in [0.3, 0.4) is 0 Å². The van der Waals surface area contributed by atoms with Crippen LogP contribution in [-0.4, -0.2) is 0 Å². The monoisotopic (exact) mass is 603 g/mol. The Labute approximate surface area is 275 Å². The fourth-order valence-electron chi connectivity index (χ4n) is 7.55. The van der Waals surface area contributed by atoms with E-state index in [9.17, 15) is 0 Å². The number of nitrogens with zero attached hydrogens (tertiary/aromatic N) is 1. The van der Waals surface area contributed by atoms with Crippen molar-refractivity contribution in [1.29, 1.82) is 0 Å². The van der Waals surface area contributed by atoms with Gasteiger partial charge in [-0.25, -0.2) is 0 Å². The molecule has 0 atom stereocenters. The molecular weight excluding hydrogens is 571 g/mol. The van der Waals surface area contributed by atoms with Gasteiger partial charge >= 0.3 is 0 Å². The van der Waals surface area contributed by atoms with Crippen LogP contribution >= 0.6 is 0 Å². The predicted octanol–water partition coefficient (Wildman–Crippen LogP) is 12.7. The topological polar surface area (TPSA) is 16.4 Å². The zero-order valence-electron chi connectivity index (χ0n) is 26.4. The van der Waals surface area contributed by atoms with Crippen LogP contribution in [0.15, 0.2) is 168 Å². The lowest BCUT2D eigenvalue weighted by Gasteiger charge is -2.26. The van der Waals surface area contributed by atoms with Gasteiger partial charge in [0.2, 0.25) is 0 Å². The van der Waals surface area contributed by atoms with E-state index in [1.54, 1.807) is 0 Å². The van der Waals surface area contributed by atoms with Gasteiger partial charge in [0.25, 0.3) is 0 Å². The van der Waals surface area contributed by atoms with E-state index < -0.39 is 0 Å². The second kappa shape index (κ2) is 10.6. The summed E-state index contributed by atoms with van der Waals surface area (Å²) in [7, 11) is 0. The summed E-state index contributed by atoms with van der Waals surface area (Å²) in [5.41, 5.74) is 15.4. The number of benzene rings is 7. The van der Waals surface area contributed by atoms with Gasteiger partial charge in [-0.3, -0.25) is 0 Å². The van der Waals surface area contributed by atoms with Crippen LogP contribution in [0.2, 0.25) is 0 Å². The Hall–Kier alpha value is -5.86. The van der Waals surface area contributed by atoms with Gasteiger partial charge in [-0.15, -0.1) is 0 Å². The van der Waals surface area contributed by atoms with Crippen molar-refractivity contribution in [3.8, 4) is 33.4 Å². The highest BCUT2D eigenvalue weighted by Crippen LogP contribution is 2.49. The molecule has 1 aromatic heterocycles. The number of fused-ring (bicyclic) bond motifs is 6. The van der Waals surface area contributed by atoms with Crippen LogP contribution in [0.25, 0.3) is 55.3 Å². The molecular formula is C45H33NO. The van der Waals surface area contributed by atoms with Gasteiger partial charge in [0.15, 0.2) is 0 Å². The van der Waals surface area contributed by atoms with Crippen LogP contribution in [0.1, 0.15) is 25.0 Å². The summed E-state index contributed by atoms with van der Waals surface area (Å²) in [4.78, 5) is 2.34. The molecule has 1 heterocycles. The third kappa shape index (κ3) is 4.40. The molecule has 0 bridgehead atoms. The molecule has 2 nitrogen and oxygen atoms in total. The minimum Gasteiger partial charge on any atom is -0.456 e. The molecule has 0 spiro atoms. The molecule has 0 aliphatic heterocycles. The van der Waals surface area contributed by atoms with Crippen molar-refractivity contribution >= 4 is 39.0 Å². The van der Waals surface area contributed by atoms with E-state index in [4.69, 9.17) is 4.42 Å². The molecule has 2 heteroatoms. The van der Waals surface area contributed by atoms with Crippen LogP contribution in [-0.2, 0) is 5.41 Å². The Morgan fingerprint density at radius 3 is 1.91 bits per heavy atom. The van der Waals surface area contributed by atoms with Crippen molar-refractivity contribution in [3.05, 3.63) is 175 Å². The average Bonchev–Trinajstić information content (AvgIpc) is 3.61. The van der Waals surface area contributed by atoms with Gasteiger partial charge in [-0.1, -0.05) is 123 Å². The van der Waals surface area contributed by atoms with Gasteiger partial charge < -0.3 is 9.32 Å². The molecule has 1 aliphatic rings. The van der Waals surface area contributed by atoms with E-state index in [1.165, 1.54) is 38.9 Å². The first-order chi connectivity index (χ1) is 23.1. The Balaban J connectivity index is 1.13. The zero-order valence-corrected chi connectivity index (χ0v) is 26.4. The number of anilines is 3. The molecule has 47 heavy (non-hydrogen) atoms. The van der Waals surface area contributed by atoms with Crippen molar-refractivity contribution in [2.45, 2.75) is 19.3 Å². The summed E-state index contributed by atoms with van der Waals surface area (Å²) < 4.78 is 6.18. The van der Waals surface area contributed by atoms with E-state index in [2.05, 4.69) is 170 Å². The number of furan rings is 1. The predicted molar refractivity (Wildman–Crippen MR) is 197 cm³/mol. The first kappa shape index (κ1) is 27.5. The van der Waals surface area contributed by atoms with Crippen molar-refractivity contribution in [2.75, 3.05) is 4.90 Å². The number of para-hydroxylation sites is 2. The van der Waals surface area contributed by atoms with E-state index in [1.807, 2.05) is 12.1 Å². The van der Waals surface area contributed by atoms with E-state index in [-0.39, 0.29) is 5.41 Å². The number of hydrogen-bond donors (Lipinski definition) is 0. The average molecular weight is 604 g/mol. The lowest BCUT2D eigenvalue weighted by molar-refractivity contribution is 0.660. The van der Waals surface area contributed by atoms with Gasteiger partial charge in [-0.05, 0) is 99.1 Å². The van der Waals surface area contributed by atoms with Crippen molar-refractivity contribution in [2.24, 2.45) is 0 Å². The second-order valence-corrected chi connectivity index (χ2v) is 13.0. The maximum Gasteiger partial charge on any atom is 0.136 e. The molecule has 0 saturated carbocycles. The molecule has 0 radical (unpaired) electrons. The summed E-state index contributed by atoms with van der Waals surface area (Å²) in [5, 5.41) is 2.30. The first-order valence-corrected chi connectivity index (χ1v) is 16.3. The molecule has 9 rings (SSSR count). The molecule has 0 saturated heterocycles. The third-order valence-electron chi connectivity index (χ3n) is 9.87. The lowest BCUT2D eigenvalue weighted by atomic mass is 9.82. The fourth-order valence-corrected chi connectivity index (χ4v) is 7.55. The largest absolute Gasteiger partial charge is 0.456 e. The minimum absolute atomic E-state index is 0.00118. The molecule has 0 amide bonds. The van der Waals surface area contributed by atoms with E-state index in [0.717, 1.165) is 44.6 Å². The summed E-state index contributed by atoms with van der Waals surface area (Å²) >= 11 is 0. The van der Waals surface area contributed by atoms with E-state index >= 15 is 0 Å². The van der Waals surface area contributed by atoms with Crippen molar-refractivity contribution in [3.63, 3.8) is 0 Å². The van der Waals surface area contributed by atoms with Crippen LogP contribution in [0.4, 0.5) is 17.1 Å². The molecule has 7 aromatic carbocycles. The summed E-state index contributed by atoms with van der Waals surface area (Å²) in [6.45, 7) is 4.66. The first-order valence-electron chi connectivity index (χ1n) is 16.3. The maximum absolute atomic E-state index is 6.18. The molecule has 0 fully saturated rings. The van der Waals surface area contributed by atoms with Gasteiger partial charge in [0.1, 0.15) is 11.2 Å². The van der Waals surface area contributed by atoms with Crippen LogP contribution in [0.5, 0.6) is 0 Å². The fraction of sp³-hybridized carbons (Fsp3) is 0.0667. The highest BCUT2D eigenvalue weighted by Gasteiger charge is 2.35. The zero-order chi connectivity index (χ0) is 31.5. The normalized spacial score (nSPS) is 13.1. The standard InChI is InChI=1S/C45H33NO/c1-45(2)40-19-8-6-16-37(40)39-29-32(24-27-41(39)45)31-12-10-15-35(28-31)46(33-13-4-3-5-14-33)34-25-22-30(23-26-34)36-18-11-21-43-44(36)38-17-7-9-20-42(38)47-43/h3-29H,1-2H3. The Morgan fingerprint density at radius 2 is 1.04 bits per heavy atom. The molecule has 224 valence electrons. The quantitative estimate of drug-likeness (QED) is 0.195. The van der Waals surface area contributed by atoms with Gasteiger partial charge in [0.05, 0.1) is 0 Å². The second-order valence-electron chi connectivity index (χ2n) is 13.0. The Kier molecular flexibility index (Phi) is 6.20. The summed E-state index contributed by atoms with van der Waals surface area (Å²) in [5.74, 6) is 0. The summed E-state index contributed by atoms with van der Waals surface area (Å²) in [6.07, 6.45) is 0. The number of rotatable bonds is 5. The molecule has 1 aliphatic carbocycles. The van der Waals surface area contributed by atoms with Crippen LogP contribution in [0, 0.1) is 0 Å². The number of hydrogen-bond acceptors (Lipinski definition) is 2. The van der Waals surface area contributed by atoms with Crippen LogP contribution < -0.4 is 4.90 Å². The smallest absolute Gasteiger partial charge is 0.136 e. The SMILES string of the molecule is CC1(C)c2ccccc2-c2cc(-c3cccc(N(c4ccccc4)c4ccc(-c5cccc6oc7ccccc7c56)cc4)c3)ccc21. The van der Waals surface area contributed by atoms with Crippen molar-refractivity contribution in [1.82, 2.24) is 0 Å². The molecule has 8 aromatic rings. The van der Waals surface area contributed by atoms with Crippen molar-refractivity contribution < 1.29 is 4.42 Å². The highest BCUT2D eigenvalue weighted by atomic mass is 16.3. The Bertz CT molecular complexity index is 2430. The third-order valence-corrected chi connectivity index (χ3v) is 9.87. The van der Waals surface area contributed by atoms with E-state index in [0.29, 0.717) is 0 Å². The lowest BCUT2D eigenvalue weighted by Crippen LogP contribution is -2.14. The summed E-state index contributed by atoms with van der Waals surface area (Å²) in [6, 6.07) is 58.9. The van der Waals surface area contributed by atoms with Gasteiger partial charge in [-0.2, -0.15) is 0 Å². The van der Waals surface area contributed by atoms with Gasteiger partial charge in [0, 0.05) is 33.2 Å².